The van der Waals surface area contributed by atoms with Crippen molar-refractivity contribution in [3.8, 4) is 11.5 Å². The molecule has 140 valence electrons. The first-order valence-electron chi connectivity index (χ1n) is 8.79. The van der Waals surface area contributed by atoms with Crippen LogP contribution < -0.4 is 9.47 Å². The summed E-state index contributed by atoms with van der Waals surface area (Å²) in [6.07, 6.45) is 2.93. The third-order valence-corrected chi connectivity index (χ3v) is 9.84. The molecule has 0 saturated heterocycles. The summed E-state index contributed by atoms with van der Waals surface area (Å²) in [5, 5.41) is 9.35. The van der Waals surface area contributed by atoms with Crippen molar-refractivity contribution in [3.05, 3.63) is 23.8 Å². The zero-order chi connectivity index (χ0) is 18.8. The molecule has 0 amide bonds. The molecule has 25 heavy (non-hydrogen) atoms. The van der Waals surface area contributed by atoms with Gasteiger partial charge < -0.3 is 19.0 Å². The van der Waals surface area contributed by atoms with Crippen LogP contribution >= 0.6 is 0 Å². The first-order valence-corrected chi connectivity index (χ1v) is 11.7. The molecule has 1 N–H and O–H groups in total. The van der Waals surface area contributed by atoms with Crippen LogP contribution in [0.3, 0.4) is 0 Å². The second-order valence-electron chi connectivity index (χ2n) is 8.22. The zero-order valence-electron chi connectivity index (χ0n) is 16.1. The van der Waals surface area contributed by atoms with Gasteiger partial charge in [0.25, 0.3) is 0 Å². The molecule has 0 aliphatic heterocycles. The van der Waals surface area contributed by atoms with E-state index in [1.54, 1.807) is 13.2 Å². The third kappa shape index (κ3) is 4.76. The van der Waals surface area contributed by atoms with Gasteiger partial charge in [-0.25, -0.2) is 4.79 Å². The van der Waals surface area contributed by atoms with Gasteiger partial charge in [-0.1, -0.05) is 20.8 Å². The number of rotatable bonds is 6. The second kappa shape index (κ2) is 7.38. The van der Waals surface area contributed by atoms with Gasteiger partial charge in [0.1, 0.15) is 6.10 Å². The number of aromatic carboxylic acids is 1. The van der Waals surface area contributed by atoms with E-state index < -0.39 is 14.3 Å². The fourth-order valence-electron chi connectivity index (χ4n) is 2.79. The van der Waals surface area contributed by atoms with E-state index in [2.05, 4.69) is 33.9 Å². The standard InChI is InChI=1S/C19H30O5Si/c1-19(2,3)25(5,6)24-15-9-8-14(12-15)23-17-11-13(18(20)21)7-10-16(17)22-4/h7,10-11,14-15H,8-9,12H2,1-6H3,(H,20,21)/t14-,15-/m0/s1. The van der Waals surface area contributed by atoms with Gasteiger partial charge in [-0.15, -0.1) is 0 Å². The lowest BCUT2D eigenvalue weighted by Crippen LogP contribution is -2.43. The molecular formula is C19H30O5Si. The zero-order valence-corrected chi connectivity index (χ0v) is 17.1. The van der Waals surface area contributed by atoms with Crippen molar-refractivity contribution in [2.45, 2.75) is 70.4 Å². The molecule has 5 nitrogen and oxygen atoms in total. The molecule has 1 fully saturated rings. The van der Waals surface area contributed by atoms with E-state index in [-0.39, 0.29) is 22.8 Å². The highest BCUT2D eigenvalue weighted by atomic mass is 28.4. The van der Waals surface area contributed by atoms with E-state index in [0.717, 1.165) is 19.3 Å². The summed E-state index contributed by atoms with van der Waals surface area (Å²) in [4.78, 5) is 11.2. The molecular weight excluding hydrogens is 336 g/mol. The Morgan fingerprint density at radius 3 is 2.36 bits per heavy atom. The van der Waals surface area contributed by atoms with Crippen LogP contribution in [0.2, 0.25) is 18.1 Å². The molecule has 1 aliphatic carbocycles. The Bertz CT molecular complexity index is 621. The maximum Gasteiger partial charge on any atom is 0.335 e. The first-order chi connectivity index (χ1) is 11.5. The second-order valence-corrected chi connectivity index (χ2v) is 13.0. The molecule has 1 saturated carbocycles. The number of hydrogen-bond acceptors (Lipinski definition) is 4. The topological polar surface area (TPSA) is 65.0 Å². The average Bonchev–Trinajstić information content (AvgIpc) is 2.92. The lowest BCUT2D eigenvalue weighted by atomic mass is 10.2. The Morgan fingerprint density at radius 1 is 1.16 bits per heavy atom. The summed E-state index contributed by atoms with van der Waals surface area (Å²) in [6.45, 7) is 11.3. The van der Waals surface area contributed by atoms with E-state index in [1.807, 2.05) is 0 Å². The number of methoxy groups -OCH3 is 1. The van der Waals surface area contributed by atoms with Crippen LogP contribution in [-0.2, 0) is 4.43 Å². The van der Waals surface area contributed by atoms with Gasteiger partial charge in [0, 0.05) is 12.5 Å². The van der Waals surface area contributed by atoms with Crippen molar-refractivity contribution in [1.29, 1.82) is 0 Å². The van der Waals surface area contributed by atoms with Crippen molar-refractivity contribution in [2.75, 3.05) is 7.11 Å². The maximum atomic E-state index is 11.2. The van der Waals surface area contributed by atoms with Crippen LogP contribution in [0.5, 0.6) is 11.5 Å². The van der Waals surface area contributed by atoms with Crippen molar-refractivity contribution in [1.82, 2.24) is 0 Å². The summed E-state index contributed by atoms with van der Waals surface area (Å²) in [7, 11) is -0.235. The molecule has 0 spiro atoms. The Kier molecular flexibility index (Phi) is 5.84. The molecule has 1 aromatic rings. The Morgan fingerprint density at radius 2 is 1.80 bits per heavy atom. The normalized spacial score (nSPS) is 21.2. The average molecular weight is 367 g/mol. The van der Waals surface area contributed by atoms with Crippen LogP contribution in [0.25, 0.3) is 0 Å². The maximum absolute atomic E-state index is 11.2. The lowest BCUT2D eigenvalue weighted by Gasteiger charge is -2.38. The molecule has 2 rings (SSSR count). The van der Waals surface area contributed by atoms with Crippen molar-refractivity contribution in [3.63, 3.8) is 0 Å². The molecule has 1 aliphatic rings. The molecule has 0 radical (unpaired) electrons. The monoisotopic (exact) mass is 366 g/mol. The summed E-state index contributed by atoms with van der Waals surface area (Å²) < 4.78 is 17.8. The quantitative estimate of drug-likeness (QED) is 0.738. The van der Waals surface area contributed by atoms with Gasteiger partial charge in [-0.05, 0) is 49.2 Å². The molecule has 6 heteroatoms. The van der Waals surface area contributed by atoms with E-state index in [9.17, 15) is 4.79 Å². The van der Waals surface area contributed by atoms with Crippen molar-refractivity contribution in [2.24, 2.45) is 0 Å². The van der Waals surface area contributed by atoms with E-state index in [1.165, 1.54) is 12.1 Å². The summed E-state index contributed by atoms with van der Waals surface area (Å²) >= 11 is 0. The molecule has 2 atom stereocenters. The molecule has 0 aromatic heterocycles. The minimum atomic E-state index is -1.79. The number of ether oxygens (including phenoxy) is 2. The predicted molar refractivity (Wildman–Crippen MR) is 100 cm³/mol. The molecule has 0 heterocycles. The predicted octanol–water partition coefficient (Wildman–Crippen LogP) is 4.72. The SMILES string of the molecule is COc1ccc(C(=O)O)cc1O[C@H]1CC[C@H](O[Si](C)(C)C(C)(C)C)C1. The highest BCUT2D eigenvalue weighted by molar-refractivity contribution is 6.74. The van der Waals surface area contributed by atoms with E-state index >= 15 is 0 Å². The van der Waals surface area contributed by atoms with Gasteiger partial charge in [0.15, 0.2) is 19.8 Å². The third-order valence-electron chi connectivity index (χ3n) is 5.31. The van der Waals surface area contributed by atoms with Gasteiger partial charge in [0.2, 0.25) is 0 Å². The number of hydrogen-bond donors (Lipinski definition) is 1. The van der Waals surface area contributed by atoms with E-state index in [0.29, 0.717) is 11.5 Å². The first kappa shape index (κ1) is 19.8. The molecule has 1 aromatic carbocycles. The van der Waals surface area contributed by atoms with Crippen LogP contribution in [0, 0.1) is 0 Å². The Labute approximate surface area is 151 Å². The summed E-state index contributed by atoms with van der Waals surface area (Å²) in [6, 6.07) is 4.69. The van der Waals surface area contributed by atoms with Crippen LogP contribution in [-0.4, -0.2) is 38.7 Å². The molecule has 0 unspecified atom stereocenters. The lowest BCUT2D eigenvalue weighted by molar-refractivity contribution is 0.0695. The minimum Gasteiger partial charge on any atom is -0.493 e. The van der Waals surface area contributed by atoms with Crippen molar-refractivity contribution < 1.29 is 23.8 Å². The largest absolute Gasteiger partial charge is 0.493 e. The Hall–Kier alpha value is -1.53. The summed E-state index contributed by atoms with van der Waals surface area (Å²) in [5.74, 6) is 0.0669. The van der Waals surface area contributed by atoms with Gasteiger partial charge in [-0.3, -0.25) is 0 Å². The number of carboxylic acid groups (broad SMARTS) is 1. The van der Waals surface area contributed by atoms with Gasteiger partial charge >= 0.3 is 5.97 Å². The number of carbonyl (C=O) groups is 1. The fraction of sp³-hybridized carbons (Fsp3) is 0.632. The molecule has 0 bridgehead atoms. The van der Waals surface area contributed by atoms with Crippen molar-refractivity contribution >= 4 is 14.3 Å². The van der Waals surface area contributed by atoms with Gasteiger partial charge in [0.05, 0.1) is 12.7 Å². The van der Waals surface area contributed by atoms with Crippen LogP contribution in [0.15, 0.2) is 18.2 Å². The number of carboxylic acids is 1. The van der Waals surface area contributed by atoms with Crippen LogP contribution in [0.4, 0.5) is 0 Å². The highest BCUT2D eigenvalue weighted by Gasteiger charge is 2.41. The number of benzene rings is 1. The minimum absolute atomic E-state index is 0.0210. The smallest absolute Gasteiger partial charge is 0.335 e. The fourth-order valence-corrected chi connectivity index (χ4v) is 4.19. The Balaban J connectivity index is 2.04. The van der Waals surface area contributed by atoms with E-state index in [4.69, 9.17) is 19.0 Å². The highest BCUT2D eigenvalue weighted by Crippen LogP contribution is 2.40. The van der Waals surface area contributed by atoms with Crippen LogP contribution in [0.1, 0.15) is 50.4 Å². The van der Waals surface area contributed by atoms with Gasteiger partial charge in [-0.2, -0.15) is 0 Å². The summed E-state index contributed by atoms with van der Waals surface area (Å²) in [5.41, 5.74) is 0.197.